The molecule has 0 unspecified atom stereocenters. The van der Waals surface area contributed by atoms with Crippen LogP contribution in [-0.4, -0.2) is 16.7 Å². The van der Waals surface area contributed by atoms with Crippen LogP contribution < -0.4 is 11.3 Å². The summed E-state index contributed by atoms with van der Waals surface area (Å²) in [5.41, 5.74) is 13.8. The predicted octanol–water partition coefficient (Wildman–Crippen LogP) is 3.27. The Morgan fingerprint density at radius 1 is 1.32 bits per heavy atom. The lowest BCUT2D eigenvalue weighted by Gasteiger charge is -2.26. The molecule has 0 saturated heterocycles. The molecule has 5 rings (SSSR count). The summed E-state index contributed by atoms with van der Waals surface area (Å²) in [5.74, 6) is -0.238. The molecule has 0 fully saturated rings. The van der Waals surface area contributed by atoms with Crippen LogP contribution in [0, 0.1) is 19.7 Å². The molecule has 28 heavy (non-hydrogen) atoms. The van der Waals surface area contributed by atoms with Gasteiger partial charge in [0, 0.05) is 35.7 Å². The molecule has 1 aliphatic carbocycles. The van der Waals surface area contributed by atoms with Gasteiger partial charge in [0.1, 0.15) is 5.82 Å². The standard InChI is InChI=1S/C22H22FN3O2/c1-10-6-18-21-13(8-26(18)22(27)14(10)9-28-3)19-16(24)5-4-12-11(2)15(23)7-17(25-21)20(12)19/h6-7,16H,4-5,8-9,24H2,1-3H3/t16-/m0/s1. The number of methoxy groups -OCH3 is 1. The van der Waals surface area contributed by atoms with Crippen molar-refractivity contribution in [2.45, 2.75) is 45.9 Å². The minimum atomic E-state index is -0.238. The number of aryl methyl sites for hydroxylation is 2. The van der Waals surface area contributed by atoms with Crippen LogP contribution in [0.5, 0.6) is 0 Å². The van der Waals surface area contributed by atoms with Crippen LogP contribution in [0.4, 0.5) is 4.39 Å². The smallest absolute Gasteiger partial charge is 0.257 e. The number of halogens is 1. The summed E-state index contributed by atoms with van der Waals surface area (Å²) < 4.78 is 21.5. The van der Waals surface area contributed by atoms with Gasteiger partial charge in [-0.15, -0.1) is 0 Å². The van der Waals surface area contributed by atoms with E-state index in [1.54, 1.807) is 11.7 Å². The fraction of sp³-hybridized carbons (Fsp3) is 0.364. The number of nitrogens with zero attached hydrogens (tertiary/aromatic N) is 2. The number of aromatic nitrogens is 2. The molecule has 0 spiro atoms. The molecule has 0 saturated carbocycles. The highest BCUT2D eigenvalue weighted by Crippen LogP contribution is 2.43. The highest BCUT2D eigenvalue weighted by atomic mass is 19.1. The second-order valence-electron chi connectivity index (χ2n) is 7.87. The van der Waals surface area contributed by atoms with Crippen molar-refractivity contribution >= 4 is 10.9 Å². The first-order valence-corrected chi connectivity index (χ1v) is 9.55. The van der Waals surface area contributed by atoms with Crippen LogP contribution in [0.2, 0.25) is 0 Å². The minimum absolute atomic E-state index is 0.0573. The van der Waals surface area contributed by atoms with Gasteiger partial charge in [0.05, 0.1) is 30.1 Å². The van der Waals surface area contributed by atoms with E-state index in [0.29, 0.717) is 23.2 Å². The monoisotopic (exact) mass is 379 g/mol. The molecule has 1 atom stereocenters. The number of hydrogen-bond donors (Lipinski definition) is 1. The highest BCUT2D eigenvalue weighted by Gasteiger charge is 2.32. The molecular weight excluding hydrogens is 357 g/mol. The fourth-order valence-corrected chi connectivity index (χ4v) is 4.82. The van der Waals surface area contributed by atoms with Crippen LogP contribution in [-0.2, 0) is 24.3 Å². The van der Waals surface area contributed by atoms with Crippen LogP contribution in [0.3, 0.4) is 0 Å². The fourth-order valence-electron chi connectivity index (χ4n) is 4.82. The van der Waals surface area contributed by atoms with Gasteiger partial charge in [0.2, 0.25) is 0 Å². The predicted molar refractivity (Wildman–Crippen MR) is 106 cm³/mol. The van der Waals surface area contributed by atoms with Crippen molar-refractivity contribution in [2.24, 2.45) is 5.73 Å². The molecule has 2 N–H and O–H groups in total. The normalized spacial score (nSPS) is 17.1. The SMILES string of the molecule is COCc1c(C)cc2n(c1=O)Cc1c-2nc2cc(F)c(C)c3c2c1[C@@H](N)CC3. The van der Waals surface area contributed by atoms with E-state index >= 15 is 0 Å². The third kappa shape index (κ3) is 2.19. The van der Waals surface area contributed by atoms with Crippen molar-refractivity contribution in [1.82, 2.24) is 9.55 Å². The van der Waals surface area contributed by atoms with E-state index in [2.05, 4.69) is 0 Å². The van der Waals surface area contributed by atoms with Crippen molar-refractivity contribution in [2.75, 3.05) is 7.11 Å². The van der Waals surface area contributed by atoms with Gasteiger partial charge in [0.25, 0.3) is 5.56 Å². The third-order valence-corrected chi connectivity index (χ3v) is 6.29. The van der Waals surface area contributed by atoms with E-state index < -0.39 is 0 Å². The zero-order valence-corrected chi connectivity index (χ0v) is 16.2. The second-order valence-corrected chi connectivity index (χ2v) is 7.87. The third-order valence-electron chi connectivity index (χ3n) is 6.29. The average Bonchev–Trinajstić information content (AvgIpc) is 3.02. The molecule has 0 radical (unpaired) electrons. The molecule has 2 aromatic heterocycles. The summed E-state index contributed by atoms with van der Waals surface area (Å²) >= 11 is 0. The molecule has 0 bridgehead atoms. The first-order valence-electron chi connectivity index (χ1n) is 9.55. The quantitative estimate of drug-likeness (QED) is 0.580. The molecule has 3 heterocycles. The van der Waals surface area contributed by atoms with Crippen LogP contribution in [0.15, 0.2) is 16.9 Å². The number of ether oxygens (including phenoxy) is 1. The molecule has 0 amide bonds. The van der Waals surface area contributed by atoms with Crippen molar-refractivity contribution < 1.29 is 9.13 Å². The van der Waals surface area contributed by atoms with E-state index in [1.165, 1.54) is 6.07 Å². The number of hydrogen-bond acceptors (Lipinski definition) is 4. The maximum atomic E-state index is 14.5. The van der Waals surface area contributed by atoms with Crippen molar-refractivity contribution in [3.8, 4) is 11.4 Å². The first-order chi connectivity index (χ1) is 13.4. The molecule has 2 aliphatic rings. The van der Waals surface area contributed by atoms with E-state index in [9.17, 15) is 9.18 Å². The lowest BCUT2D eigenvalue weighted by molar-refractivity contribution is 0.183. The zero-order valence-electron chi connectivity index (χ0n) is 16.2. The Hall–Kier alpha value is -2.57. The van der Waals surface area contributed by atoms with Crippen molar-refractivity contribution in [1.29, 1.82) is 0 Å². The van der Waals surface area contributed by atoms with Crippen LogP contribution >= 0.6 is 0 Å². The molecule has 6 heteroatoms. The van der Waals surface area contributed by atoms with Gasteiger partial charge in [0.15, 0.2) is 0 Å². The van der Waals surface area contributed by atoms with Gasteiger partial charge < -0.3 is 15.0 Å². The summed E-state index contributed by atoms with van der Waals surface area (Å²) in [4.78, 5) is 17.9. The zero-order chi connectivity index (χ0) is 19.7. The Kier molecular flexibility index (Phi) is 3.73. The summed E-state index contributed by atoms with van der Waals surface area (Å²) in [6.07, 6.45) is 1.51. The first kappa shape index (κ1) is 17.5. The topological polar surface area (TPSA) is 70.1 Å². The lowest BCUT2D eigenvalue weighted by Crippen LogP contribution is -2.25. The van der Waals surface area contributed by atoms with Gasteiger partial charge in [-0.2, -0.15) is 0 Å². The van der Waals surface area contributed by atoms with Gasteiger partial charge in [-0.05, 0) is 55.0 Å². The maximum absolute atomic E-state index is 14.5. The van der Waals surface area contributed by atoms with Gasteiger partial charge in [-0.1, -0.05) is 0 Å². The number of benzene rings is 1. The summed E-state index contributed by atoms with van der Waals surface area (Å²) in [6.45, 7) is 4.45. The second kappa shape index (κ2) is 5.96. The largest absolute Gasteiger partial charge is 0.380 e. The molecular formula is C22H22FN3O2. The van der Waals surface area contributed by atoms with E-state index in [4.69, 9.17) is 15.5 Å². The molecule has 3 aromatic rings. The number of fused-ring (bicyclic) bond motifs is 4. The van der Waals surface area contributed by atoms with Crippen LogP contribution in [0.25, 0.3) is 22.3 Å². The molecule has 1 aromatic carbocycles. The molecule has 1 aliphatic heterocycles. The van der Waals surface area contributed by atoms with Crippen LogP contribution in [0.1, 0.15) is 45.8 Å². The average molecular weight is 379 g/mol. The Balaban J connectivity index is 1.87. The number of pyridine rings is 2. The Bertz CT molecular complexity index is 1230. The molecule has 5 nitrogen and oxygen atoms in total. The summed E-state index contributed by atoms with van der Waals surface area (Å²) in [5, 5.41) is 0.978. The van der Waals surface area contributed by atoms with Gasteiger partial charge in [-0.3, -0.25) is 4.79 Å². The Morgan fingerprint density at radius 2 is 2.11 bits per heavy atom. The lowest BCUT2D eigenvalue weighted by atomic mass is 9.82. The molecule has 144 valence electrons. The highest BCUT2D eigenvalue weighted by molar-refractivity contribution is 5.92. The minimum Gasteiger partial charge on any atom is -0.380 e. The van der Waals surface area contributed by atoms with Gasteiger partial charge in [-0.25, -0.2) is 9.37 Å². The van der Waals surface area contributed by atoms with E-state index in [1.807, 2.05) is 19.9 Å². The van der Waals surface area contributed by atoms with E-state index in [-0.39, 0.29) is 24.0 Å². The van der Waals surface area contributed by atoms with Gasteiger partial charge >= 0.3 is 0 Å². The summed E-state index contributed by atoms with van der Waals surface area (Å²) in [6, 6.07) is 3.34. The van der Waals surface area contributed by atoms with E-state index in [0.717, 1.165) is 51.9 Å². The maximum Gasteiger partial charge on any atom is 0.257 e. The summed E-state index contributed by atoms with van der Waals surface area (Å²) in [7, 11) is 1.58. The number of nitrogens with two attached hydrogens (primary N) is 1. The Labute approximate surface area is 162 Å². The number of rotatable bonds is 2. The van der Waals surface area contributed by atoms with Crippen molar-refractivity contribution in [3.63, 3.8) is 0 Å². The Morgan fingerprint density at radius 3 is 2.86 bits per heavy atom. The van der Waals surface area contributed by atoms with Crippen molar-refractivity contribution in [3.05, 3.63) is 61.7 Å².